The van der Waals surface area contributed by atoms with Gasteiger partial charge in [-0.1, -0.05) is 12.1 Å². The fraction of sp³-hybridized carbons (Fsp3) is 0.364. The molecule has 1 N–H and O–H groups in total. The Bertz CT molecular complexity index is 1050. The van der Waals surface area contributed by atoms with Crippen LogP contribution in [-0.4, -0.2) is 73.3 Å². The van der Waals surface area contributed by atoms with Crippen LogP contribution in [0, 0.1) is 15.9 Å². The summed E-state index contributed by atoms with van der Waals surface area (Å²) in [5.41, 5.74) is 1.51. The van der Waals surface area contributed by atoms with Gasteiger partial charge >= 0.3 is 0 Å². The molecule has 1 amide bonds. The van der Waals surface area contributed by atoms with E-state index < -0.39 is 11.7 Å². The molecule has 0 radical (unpaired) electrons. The number of morpholine rings is 1. The summed E-state index contributed by atoms with van der Waals surface area (Å²) in [5.74, 6) is -1.18. The maximum absolute atomic E-state index is 13.8. The van der Waals surface area contributed by atoms with Crippen LogP contribution in [0.4, 0.5) is 21.5 Å². The quantitative estimate of drug-likeness (QED) is 0.411. The number of anilines is 2. The molecule has 2 aromatic rings. The van der Waals surface area contributed by atoms with Crippen LogP contribution in [0.1, 0.15) is 10.4 Å². The lowest BCUT2D eigenvalue weighted by atomic mass is 10.1. The van der Waals surface area contributed by atoms with E-state index in [0.29, 0.717) is 58.2 Å². The van der Waals surface area contributed by atoms with Gasteiger partial charge in [-0.05, 0) is 36.5 Å². The number of nitrogens with zero attached hydrogens (tertiary/aromatic N) is 4. The van der Waals surface area contributed by atoms with Crippen molar-refractivity contribution < 1.29 is 18.8 Å². The van der Waals surface area contributed by atoms with E-state index in [1.54, 1.807) is 18.2 Å². The molecule has 2 heterocycles. The molecule has 33 heavy (non-hydrogen) atoms. The van der Waals surface area contributed by atoms with Gasteiger partial charge in [0.05, 0.1) is 23.7 Å². The van der Waals surface area contributed by atoms with Crippen LogP contribution in [0.5, 0.6) is 0 Å². The summed E-state index contributed by atoms with van der Waals surface area (Å²) in [6, 6.07) is 10.9. The number of amides is 1. The van der Waals surface area contributed by atoms with Gasteiger partial charge in [-0.2, -0.15) is 0 Å². The summed E-state index contributed by atoms with van der Waals surface area (Å²) in [4.78, 5) is 29.5. The number of thiocarbonyl (C=S) groups is 1. The molecule has 0 aromatic heterocycles. The van der Waals surface area contributed by atoms with Crippen molar-refractivity contribution in [3.63, 3.8) is 0 Å². The predicted molar refractivity (Wildman–Crippen MR) is 126 cm³/mol. The largest absolute Gasteiger partial charge is 0.378 e. The van der Waals surface area contributed by atoms with Crippen LogP contribution in [0.3, 0.4) is 0 Å². The van der Waals surface area contributed by atoms with Gasteiger partial charge in [0, 0.05) is 51.0 Å². The highest BCUT2D eigenvalue weighted by molar-refractivity contribution is 7.80. The molecule has 11 heteroatoms. The third kappa shape index (κ3) is 5.20. The van der Waals surface area contributed by atoms with Gasteiger partial charge in [-0.15, -0.1) is 0 Å². The molecule has 174 valence electrons. The van der Waals surface area contributed by atoms with Crippen molar-refractivity contribution in [2.45, 2.75) is 0 Å². The molecule has 0 bridgehead atoms. The number of rotatable bonds is 4. The average molecular weight is 474 g/mol. The van der Waals surface area contributed by atoms with Gasteiger partial charge in [0.2, 0.25) is 0 Å². The van der Waals surface area contributed by atoms with E-state index in [2.05, 4.69) is 10.2 Å². The number of hydrogen-bond acceptors (Lipinski definition) is 7. The van der Waals surface area contributed by atoms with E-state index in [1.165, 1.54) is 18.2 Å². The smallest absolute Gasteiger partial charge is 0.292 e. The number of nitro benzene ring substituents is 1. The molecule has 0 atom stereocenters. The SMILES string of the molecule is O=C(NC(=S)N1CCN(c2ccc([N+](=O)[O-])c(N3CCOCC3)c2)CC1)c1ccccc1F. The number of ether oxygens (including phenoxy) is 1. The lowest BCUT2D eigenvalue weighted by Crippen LogP contribution is -2.52. The van der Waals surface area contributed by atoms with Crippen molar-refractivity contribution >= 4 is 40.3 Å². The molecule has 9 nitrogen and oxygen atoms in total. The second kappa shape index (κ2) is 10.1. The number of nitrogens with one attached hydrogen (secondary N) is 1. The van der Waals surface area contributed by atoms with E-state index >= 15 is 0 Å². The Morgan fingerprint density at radius 2 is 1.73 bits per heavy atom. The molecule has 2 aromatic carbocycles. The van der Waals surface area contributed by atoms with E-state index in [0.717, 1.165) is 5.69 Å². The van der Waals surface area contributed by atoms with Gasteiger partial charge < -0.3 is 19.4 Å². The van der Waals surface area contributed by atoms with Gasteiger partial charge in [-0.3, -0.25) is 20.2 Å². The Kier molecular flexibility index (Phi) is 6.99. The van der Waals surface area contributed by atoms with Crippen LogP contribution in [0.15, 0.2) is 42.5 Å². The second-order valence-corrected chi connectivity index (χ2v) is 8.13. The minimum Gasteiger partial charge on any atom is -0.378 e. The normalized spacial score (nSPS) is 16.5. The highest BCUT2D eigenvalue weighted by Gasteiger charge is 2.25. The monoisotopic (exact) mass is 473 g/mol. The molecule has 2 fully saturated rings. The molecular formula is C22H24FN5O4S. The Balaban J connectivity index is 1.40. The minimum atomic E-state index is -0.600. The first kappa shape index (κ1) is 22.9. The topological polar surface area (TPSA) is 91.2 Å². The summed E-state index contributed by atoms with van der Waals surface area (Å²) in [6.07, 6.45) is 0. The van der Waals surface area contributed by atoms with E-state index in [1.807, 2.05) is 15.9 Å². The Morgan fingerprint density at radius 1 is 1.03 bits per heavy atom. The van der Waals surface area contributed by atoms with Crippen LogP contribution in [0.2, 0.25) is 0 Å². The lowest BCUT2D eigenvalue weighted by Gasteiger charge is -2.37. The van der Waals surface area contributed by atoms with Crippen molar-refractivity contribution in [1.82, 2.24) is 10.2 Å². The average Bonchev–Trinajstić information content (AvgIpc) is 2.84. The van der Waals surface area contributed by atoms with Crippen molar-refractivity contribution in [2.24, 2.45) is 0 Å². The fourth-order valence-electron chi connectivity index (χ4n) is 3.98. The van der Waals surface area contributed by atoms with Crippen LogP contribution >= 0.6 is 12.2 Å². The third-order valence-electron chi connectivity index (χ3n) is 5.78. The number of carbonyl (C=O) groups excluding carboxylic acids is 1. The molecule has 2 aliphatic rings. The summed E-state index contributed by atoms with van der Waals surface area (Å²) in [6.45, 7) is 4.64. The van der Waals surface area contributed by atoms with Crippen LogP contribution in [-0.2, 0) is 4.74 Å². The van der Waals surface area contributed by atoms with E-state index in [4.69, 9.17) is 17.0 Å². The number of halogens is 1. The fourth-order valence-corrected chi connectivity index (χ4v) is 4.25. The third-order valence-corrected chi connectivity index (χ3v) is 6.14. The number of carbonyl (C=O) groups is 1. The molecule has 2 saturated heterocycles. The molecule has 2 aliphatic heterocycles. The maximum atomic E-state index is 13.8. The molecule has 4 rings (SSSR count). The summed E-state index contributed by atoms with van der Waals surface area (Å²) in [7, 11) is 0. The Morgan fingerprint density at radius 3 is 2.39 bits per heavy atom. The zero-order valence-electron chi connectivity index (χ0n) is 17.9. The first-order valence-electron chi connectivity index (χ1n) is 10.6. The summed E-state index contributed by atoms with van der Waals surface area (Å²) < 4.78 is 19.2. The van der Waals surface area contributed by atoms with Crippen LogP contribution < -0.4 is 15.1 Å². The number of benzene rings is 2. The second-order valence-electron chi connectivity index (χ2n) is 7.74. The standard InChI is InChI=1S/C22H24FN5O4S/c23-18-4-2-1-3-17(18)21(29)24-22(33)27-9-7-25(8-10-27)16-5-6-19(28(30)31)20(15-16)26-11-13-32-14-12-26/h1-6,15H,7-14H2,(H,24,29,33). The maximum Gasteiger partial charge on any atom is 0.292 e. The zero-order valence-corrected chi connectivity index (χ0v) is 18.7. The number of piperazine rings is 1. The van der Waals surface area contributed by atoms with Crippen LogP contribution in [0.25, 0.3) is 0 Å². The van der Waals surface area contributed by atoms with Crippen molar-refractivity contribution in [2.75, 3.05) is 62.3 Å². The summed E-state index contributed by atoms with van der Waals surface area (Å²) in [5, 5.41) is 14.4. The van der Waals surface area contributed by atoms with Crippen molar-refractivity contribution in [3.8, 4) is 0 Å². The van der Waals surface area contributed by atoms with Crippen molar-refractivity contribution in [1.29, 1.82) is 0 Å². The Hall–Kier alpha value is -3.31. The van der Waals surface area contributed by atoms with Gasteiger partial charge in [0.25, 0.3) is 11.6 Å². The van der Waals surface area contributed by atoms with Crippen molar-refractivity contribution in [3.05, 3.63) is 64.0 Å². The highest BCUT2D eigenvalue weighted by atomic mass is 32.1. The zero-order chi connectivity index (χ0) is 23.4. The van der Waals surface area contributed by atoms with Gasteiger partial charge in [0.15, 0.2) is 5.11 Å². The van der Waals surface area contributed by atoms with Gasteiger partial charge in [0.1, 0.15) is 11.5 Å². The minimum absolute atomic E-state index is 0.0555. The Labute approximate surface area is 195 Å². The van der Waals surface area contributed by atoms with Gasteiger partial charge in [-0.25, -0.2) is 4.39 Å². The molecule has 0 unspecified atom stereocenters. The molecule has 0 spiro atoms. The number of hydrogen-bond donors (Lipinski definition) is 1. The first-order valence-corrected chi connectivity index (χ1v) is 11.1. The van der Waals surface area contributed by atoms with E-state index in [-0.39, 0.29) is 21.3 Å². The molecule has 0 saturated carbocycles. The highest BCUT2D eigenvalue weighted by Crippen LogP contribution is 2.33. The first-order chi connectivity index (χ1) is 15.9. The molecule has 0 aliphatic carbocycles. The summed E-state index contributed by atoms with van der Waals surface area (Å²) >= 11 is 5.36. The predicted octanol–water partition coefficient (Wildman–Crippen LogP) is 2.41. The van der Waals surface area contributed by atoms with E-state index in [9.17, 15) is 19.3 Å². The lowest BCUT2D eigenvalue weighted by molar-refractivity contribution is -0.384. The molecular weight excluding hydrogens is 449 g/mol. The number of nitro groups is 1.